The predicted octanol–water partition coefficient (Wildman–Crippen LogP) is 4.05. The number of aliphatic hydroxyl groups excluding tert-OH is 1. The summed E-state index contributed by atoms with van der Waals surface area (Å²) in [5, 5.41) is 11.3. The van der Waals surface area contributed by atoms with Crippen molar-refractivity contribution >= 4 is 53.3 Å². The second-order valence-corrected chi connectivity index (χ2v) is 5.84. The van der Waals surface area contributed by atoms with Crippen molar-refractivity contribution in [3.05, 3.63) is 33.1 Å². The summed E-state index contributed by atoms with van der Waals surface area (Å²) in [5.41, 5.74) is 2.26. The molecule has 0 fully saturated rings. The number of thiophene rings is 1. The van der Waals surface area contributed by atoms with Gasteiger partial charge in [-0.1, -0.05) is 34.1 Å². The number of halogens is 2. The quantitative estimate of drug-likeness (QED) is 0.821. The van der Waals surface area contributed by atoms with Crippen LogP contribution in [0.2, 0.25) is 0 Å². The van der Waals surface area contributed by atoms with Crippen molar-refractivity contribution in [2.75, 3.05) is 0 Å². The Hall–Kier alpha value is 0.1000. The van der Waals surface area contributed by atoms with Gasteiger partial charge in [0.25, 0.3) is 0 Å². The lowest BCUT2D eigenvalue weighted by Gasteiger charge is -1.98. The van der Waals surface area contributed by atoms with Crippen LogP contribution in [-0.4, -0.2) is 5.11 Å². The van der Waals surface area contributed by atoms with Crippen LogP contribution in [0.15, 0.2) is 22.0 Å². The van der Waals surface area contributed by atoms with Crippen LogP contribution in [-0.2, 0) is 11.9 Å². The van der Waals surface area contributed by atoms with E-state index >= 15 is 0 Å². The summed E-state index contributed by atoms with van der Waals surface area (Å²) < 4.78 is 2.32. The van der Waals surface area contributed by atoms with Gasteiger partial charge < -0.3 is 5.11 Å². The standard InChI is InChI=1S/C10H8Br2OS/c11-4-8-7-3-1-2-6(5-13)9(7)14-10(8)12/h1-3,13H,4-5H2. The fraction of sp³-hybridized carbons (Fsp3) is 0.200. The molecule has 0 aliphatic rings. The smallest absolute Gasteiger partial charge is 0.0751 e. The van der Waals surface area contributed by atoms with E-state index in [9.17, 15) is 5.11 Å². The maximum absolute atomic E-state index is 9.19. The van der Waals surface area contributed by atoms with Crippen molar-refractivity contribution in [3.63, 3.8) is 0 Å². The van der Waals surface area contributed by atoms with Crippen LogP contribution >= 0.6 is 43.2 Å². The highest BCUT2D eigenvalue weighted by atomic mass is 79.9. The number of rotatable bonds is 2. The van der Waals surface area contributed by atoms with Gasteiger partial charge in [-0.2, -0.15) is 0 Å². The minimum atomic E-state index is 0.103. The second kappa shape index (κ2) is 4.31. The SMILES string of the molecule is OCc1cccc2c(CBr)c(Br)sc12. The highest BCUT2D eigenvalue weighted by molar-refractivity contribution is 9.11. The third-order valence-electron chi connectivity index (χ3n) is 2.15. The van der Waals surface area contributed by atoms with Gasteiger partial charge in [0.2, 0.25) is 0 Å². The van der Waals surface area contributed by atoms with Gasteiger partial charge in [-0.25, -0.2) is 0 Å². The number of fused-ring (bicyclic) bond motifs is 1. The van der Waals surface area contributed by atoms with Crippen molar-refractivity contribution in [1.82, 2.24) is 0 Å². The van der Waals surface area contributed by atoms with Crippen molar-refractivity contribution in [2.45, 2.75) is 11.9 Å². The van der Waals surface area contributed by atoms with Crippen LogP contribution in [0.3, 0.4) is 0 Å². The van der Waals surface area contributed by atoms with Crippen LogP contribution < -0.4 is 0 Å². The zero-order valence-corrected chi connectivity index (χ0v) is 11.2. The van der Waals surface area contributed by atoms with E-state index in [-0.39, 0.29) is 6.61 Å². The average molecular weight is 336 g/mol. The number of hydrogen-bond donors (Lipinski definition) is 1. The lowest BCUT2D eigenvalue weighted by Crippen LogP contribution is -1.82. The van der Waals surface area contributed by atoms with E-state index in [0.29, 0.717) is 0 Å². The first kappa shape index (κ1) is 10.6. The molecule has 4 heteroatoms. The zero-order valence-electron chi connectivity index (χ0n) is 7.26. The summed E-state index contributed by atoms with van der Waals surface area (Å²) in [5.74, 6) is 0. The summed E-state index contributed by atoms with van der Waals surface area (Å²) in [6.45, 7) is 0.103. The van der Waals surface area contributed by atoms with E-state index in [1.807, 2.05) is 12.1 Å². The van der Waals surface area contributed by atoms with E-state index in [2.05, 4.69) is 37.9 Å². The third-order valence-corrected chi connectivity index (χ3v) is 4.79. The first-order valence-electron chi connectivity index (χ1n) is 4.13. The largest absolute Gasteiger partial charge is 0.392 e. The molecule has 1 N–H and O–H groups in total. The highest BCUT2D eigenvalue weighted by Crippen LogP contribution is 2.38. The zero-order chi connectivity index (χ0) is 10.1. The molecule has 0 aliphatic carbocycles. The second-order valence-electron chi connectivity index (χ2n) is 2.94. The molecule has 1 nitrogen and oxygen atoms in total. The highest BCUT2D eigenvalue weighted by Gasteiger charge is 2.10. The summed E-state index contributed by atoms with van der Waals surface area (Å²) in [6.07, 6.45) is 0. The Morgan fingerprint density at radius 3 is 2.79 bits per heavy atom. The first-order valence-corrected chi connectivity index (χ1v) is 6.86. The molecule has 0 amide bonds. The predicted molar refractivity (Wildman–Crippen MR) is 68.1 cm³/mol. The topological polar surface area (TPSA) is 20.2 Å². The van der Waals surface area contributed by atoms with Crippen LogP contribution in [0.1, 0.15) is 11.1 Å². The van der Waals surface area contributed by atoms with Crippen molar-refractivity contribution in [2.24, 2.45) is 0 Å². The number of aliphatic hydroxyl groups is 1. The van der Waals surface area contributed by atoms with E-state index in [4.69, 9.17) is 0 Å². The Morgan fingerprint density at radius 1 is 1.36 bits per heavy atom. The van der Waals surface area contributed by atoms with E-state index in [1.54, 1.807) is 11.3 Å². The number of alkyl halides is 1. The van der Waals surface area contributed by atoms with Crippen LogP contribution in [0.4, 0.5) is 0 Å². The molecule has 0 radical (unpaired) electrons. The molecule has 0 saturated heterocycles. The lowest BCUT2D eigenvalue weighted by molar-refractivity contribution is 0.283. The molecule has 0 bridgehead atoms. The summed E-state index contributed by atoms with van der Waals surface area (Å²) >= 11 is 8.69. The third kappa shape index (κ3) is 1.65. The molecule has 74 valence electrons. The Kier molecular flexibility index (Phi) is 3.27. The van der Waals surface area contributed by atoms with Crippen molar-refractivity contribution < 1.29 is 5.11 Å². The van der Waals surface area contributed by atoms with Crippen molar-refractivity contribution in [3.8, 4) is 0 Å². The van der Waals surface area contributed by atoms with Gasteiger partial charge in [0.05, 0.1) is 10.4 Å². The molecule has 0 saturated carbocycles. The summed E-state index contributed by atoms with van der Waals surface area (Å²) in [7, 11) is 0. The van der Waals surface area contributed by atoms with Gasteiger partial charge in [-0.15, -0.1) is 11.3 Å². The maximum Gasteiger partial charge on any atom is 0.0751 e. The van der Waals surface area contributed by atoms with Gasteiger partial charge in [0, 0.05) is 10.0 Å². The number of benzene rings is 1. The van der Waals surface area contributed by atoms with Gasteiger partial charge in [-0.05, 0) is 32.4 Å². The Bertz CT molecular complexity index is 464. The minimum Gasteiger partial charge on any atom is -0.392 e. The van der Waals surface area contributed by atoms with Crippen LogP contribution in [0.25, 0.3) is 10.1 Å². The molecular formula is C10H8Br2OS. The maximum atomic E-state index is 9.19. The Labute approximate surface area is 103 Å². The molecule has 2 rings (SSSR count). The molecule has 0 unspecified atom stereocenters. The Morgan fingerprint density at radius 2 is 2.14 bits per heavy atom. The monoisotopic (exact) mass is 334 g/mol. The molecule has 1 aromatic carbocycles. The van der Waals surface area contributed by atoms with Gasteiger partial charge >= 0.3 is 0 Å². The van der Waals surface area contributed by atoms with E-state index < -0.39 is 0 Å². The fourth-order valence-corrected chi connectivity index (χ4v) is 4.48. The van der Waals surface area contributed by atoms with E-state index in [0.717, 1.165) is 14.7 Å². The molecule has 0 atom stereocenters. The number of hydrogen-bond acceptors (Lipinski definition) is 2. The minimum absolute atomic E-state index is 0.103. The average Bonchev–Trinajstić information content (AvgIpc) is 2.52. The van der Waals surface area contributed by atoms with Gasteiger partial charge in [0.15, 0.2) is 0 Å². The van der Waals surface area contributed by atoms with Gasteiger partial charge in [0.1, 0.15) is 0 Å². The van der Waals surface area contributed by atoms with Crippen LogP contribution in [0.5, 0.6) is 0 Å². The first-order chi connectivity index (χ1) is 6.77. The van der Waals surface area contributed by atoms with E-state index in [1.165, 1.54) is 15.6 Å². The Balaban J connectivity index is 2.79. The van der Waals surface area contributed by atoms with Crippen LogP contribution in [0, 0.1) is 0 Å². The summed E-state index contributed by atoms with van der Waals surface area (Å²) in [6, 6.07) is 6.04. The lowest BCUT2D eigenvalue weighted by atomic mass is 10.1. The normalized spacial score (nSPS) is 11.1. The molecule has 2 aromatic rings. The molecule has 14 heavy (non-hydrogen) atoms. The molecular weight excluding hydrogens is 328 g/mol. The fourth-order valence-electron chi connectivity index (χ4n) is 1.45. The van der Waals surface area contributed by atoms with Gasteiger partial charge in [-0.3, -0.25) is 0 Å². The molecule has 1 aromatic heterocycles. The molecule has 0 aliphatic heterocycles. The summed E-state index contributed by atoms with van der Waals surface area (Å²) in [4.78, 5) is 0. The molecule has 1 heterocycles. The van der Waals surface area contributed by atoms with Crippen molar-refractivity contribution in [1.29, 1.82) is 0 Å². The molecule has 0 spiro atoms.